The van der Waals surface area contributed by atoms with Crippen LogP contribution in [0.3, 0.4) is 0 Å². The lowest BCUT2D eigenvalue weighted by molar-refractivity contribution is -0.192. The number of pyridine rings is 1. The highest BCUT2D eigenvalue weighted by Crippen LogP contribution is 2.42. The molecule has 0 radical (unpaired) electrons. The number of amides is 1. The van der Waals surface area contributed by atoms with Crippen molar-refractivity contribution in [2.45, 2.75) is 86.9 Å². The van der Waals surface area contributed by atoms with Gasteiger partial charge in [-0.1, -0.05) is 12.8 Å². The molecule has 4 heterocycles. The minimum atomic E-state index is -5.08. The smallest absolute Gasteiger partial charge is 0.475 e. The SMILES string of the molecule is CN1CC(NS(=O)(=O)c2ccc3nc(N4CCC(CN5CCCCC5=O)CC4)ccc3c2)CC12CCCC2.O=C(O)C(F)(F)F. The van der Waals surface area contributed by atoms with Gasteiger partial charge in [0.25, 0.3) is 0 Å². The van der Waals surface area contributed by atoms with Crippen LogP contribution in [0.2, 0.25) is 0 Å². The summed E-state index contributed by atoms with van der Waals surface area (Å²) in [5, 5.41) is 7.96. The van der Waals surface area contributed by atoms with Gasteiger partial charge < -0.3 is 14.9 Å². The number of likely N-dealkylation sites (tertiary alicyclic amines) is 2. The highest BCUT2D eigenvalue weighted by molar-refractivity contribution is 7.89. The van der Waals surface area contributed by atoms with Crippen molar-refractivity contribution in [3.8, 4) is 0 Å². The molecule has 10 nitrogen and oxygen atoms in total. The van der Waals surface area contributed by atoms with Crippen molar-refractivity contribution in [3.05, 3.63) is 30.3 Å². The van der Waals surface area contributed by atoms with E-state index in [2.05, 4.69) is 26.5 Å². The molecule has 1 unspecified atom stereocenters. The Morgan fingerprint density at radius 3 is 2.40 bits per heavy atom. The van der Waals surface area contributed by atoms with Crippen molar-refractivity contribution in [3.63, 3.8) is 0 Å². The fourth-order valence-electron chi connectivity index (χ4n) is 7.34. The van der Waals surface area contributed by atoms with Crippen LogP contribution in [-0.4, -0.2) is 97.7 Å². The number of halogens is 3. The van der Waals surface area contributed by atoms with Gasteiger partial charge in [0.2, 0.25) is 15.9 Å². The summed E-state index contributed by atoms with van der Waals surface area (Å²) in [4.78, 5) is 33.0. The monoisotopic (exact) mass is 653 g/mol. The molecule has 1 spiro atoms. The van der Waals surface area contributed by atoms with Crippen molar-refractivity contribution in [1.82, 2.24) is 19.5 Å². The summed E-state index contributed by atoms with van der Waals surface area (Å²) in [6.45, 7) is 4.43. The van der Waals surface area contributed by atoms with Gasteiger partial charge in [0, 0.05) is 56.1 Å². The van der Waals surface area contributed by atoms with Gasteiger partial charge in [-0.25, -0.2) is 22.9 Å². The van der Waals surface area contributed by atoms with Gasteiger partial charge in [0.15, 0.2) is 0 Å². The van der Waals surface area contributed by atoms with Gasteiger partial charge in [0.1, 0.15) is 5.82 Å². The molecule has 14 heteroatoms. The summed E-state index contributed by atoms with van der Waals surface area (Å²) < 4.78 is 61.3. The van der Waals surface area contributed by atoms with Crippen molar-refractivity contribution in [2.24, 2.45) is 5.92 Å². The van der Waals surface area contributed by atoms with E-state index in [1.165, 1.54) is 25.7 Å². The van der Waals surface area contributed by atoms with Gasteiger partial charge in [-0.15, -0.1) is 0 Å². The number of anilines is 1. The first kappa shape index (κ1) is 33.4. The van der Waals surface area contributed by atoms with Crippen LogP contribution >= 0.6 is 0 Å². The van der Waals surface area contributed by atoms with Crippen LogP contribution in [0.4, 0.5) is 19.0 Å². The lowest BCUT2D eigenvalue weighted by atomic mass is 9.93. The van der Waals surface area contributed by atoms with E-state index < -0.39 is 22.2 Å². The minimum Gasteiger partial charge on any atom is -0.475 e. The van der Waals surface area contributed by atoms with E-state index in [0.717, 1.165) is 81.5 Å². The molecule has 6 rings (SSSR count). The molecule has 1 atom stereocenters. The predicted octanol–water partition coefficient (Wildman–Crippen LogP) is 4.39. The molecular weight excluding hydrogens is 611 g/mol. The maximum atomic E-state index is 13.3. The Hall–Kier alpha value is -2.97. The fourth-order valence-corrected chi connectivity index (χ4v) is 8.60. The van der Waals surface area contributed by atoms with Gasteiger partial charge in [-0.3, -0.25) is 9.69 Å². The van der Waals surface area contributed by atoms with Crippen molar-refractivity contribution in [2.75, 3.05) is 44.7 Å². The van der Waals surface area contributed by atoms with E-state index in [4.69, 9.17) is 14.9 Å². The Morgan fingerprint density at radius 1 is 1.07 bits per heavy atom. The standard InChI is InChI=1S/C29H41N5O3S.C2HF3O2/c1-32-21-24(19-29(32)13-3-4-14-29)31-38(36,37)25-8-9-26-23(18-25)7-10-27(30-26)33-16-11-22(12-17-33)20-34-15-5-2-6-28(34)35;3-2(4,5)1(6)7/h7-10,18,22,24,31H,2-6,11-17,19-21H2,1H3;(H,6,7). The minimum absolute atomic E-state index is 0.0461. The van der Waals surface area contributed by atoms with E-state index in [9.17, 15) is 26.4 Å². The number of carbonyl (C=O) groups is 2. The molecule has 248 valence electrons. The van der Waals surface area contributed by atoms with E-state index in [-0.39, 0.29) is 11.6 Å². The van der Waals surface area contributed by atoms with Crippen LogP contribution in [-0.2, 0) is 19.6 Å². The molecule has 45 heavy (non-hydrogen) atoms. The number of alkyl halides is 3. The maximum absolute atomic E-state index is 13.3. The van der Waals surface area contributed by atoms with Crippen molar-refractivity contribution >= 4 is 38.6 Å². The topological polar surface area (TPSA) is 123 Å². The number of sulfonamides is 1. The third kappa shape index (κ3) is 7.89. The first-order chi connectivity index (χ1) is 21.3. The zero-order chi connectivity index (χ0) is 32.4. The quantitative estimate of drug-likeness (QED) is 0.471. The van der Waals surface area contributed by atoms with E-state index in [1.54, 1.807) is 12.1 Å². The summed E-state index contributed by atoms with van der Waals surface area (Å²) in [6.07, 6.45) is 5.61. The largest absolute Gasteiger partial charge is 0.490 e. The van der Waals surface area contributed by atoms with Gasteiger partial charge >= 0.3 is 12.1 Å². The molecule has 1 aromatic heterocycles. The highest BCUT2D eigenvalue weighted by Gasteiger charge is 2.46. The zero-order valence-corrected chi connectivity index (χ0v) is 26.4. The van der Waals surface area contributed by atoms with Crippen molar-refractivity contribution in [1.29, 1.82) is 0 Å². The second kappa shape index (κ2) is 13.4. The number of nitrogens with one attached hydrogen (secondary N) is 1. The maximum Gasteiger partial charge on any atom is 0.490 e. The number of hydrogen-bond donors (Lipinski definition) is 2. The Bertz CT molecular complexity index is 1490. The number of piperidine rings is 2. The normalized spacial score (nSPS) is 23.0. The molecule has 3 aliphatic heterocycles. The Morgan fingerprint density at radius 2 is 1.76 bits per heavy atom. The van der Waals surface area contributed by atoms with E-state index in [0.29, 0.717) is 23.1 Å². The van der Waals surface area contributed by atoms with Gasteiger partial charge in [-0.05, 0) is 88.2 Å². The summed E-state index contributed by atoms with van der Waals surface area (Å²) in [7, 11) is -1.46. The summed E-state index contributed by atoms with van der Waals surface area (Å²) in [6, 6.07) is 9.23. The first-order valence-corrected chi connectivity index (χ1v) is 17.2. The van der Waals surface area contributed by atoms with Gasteiger partial charge in [-0.2, -0.15) is 13.2 Å². The number of aliphatic carboxylic acids is 1. The van der Waals surface area contributed by atoms with E-state index in [1.807, 2.05) is 18.2 Å². The molecule has 0 bridgehead atoms. The number of benzene rings is 1. The number of hydrogen-bond acceptors (Lipinski definition) is 7. The molecule has 4 fully saturated rings. The molecule has 4 aliphatic rings. The number of rotatable bonds is 6. The molecule has 1 aromatic carbocycles. The third-order valence-corrected chi connectivity index (χ3v) is 11.3. The predicted molar refractivity (Wildman–Crippen MR) is 163 cm³/mol. The average Bonchev–Trinajstić information content (AvgIpc) is 3.59. The molecule has 1 amide bonds. The molecular formula is C31H42F3N5O5S. The summed E-state index contributed by atoms with van der Waals surface area (Å²) >= 11 is 0. The Labute approximate surface area is 262 Å². The van der Waals surface area contributed by atoms with Crippen LogP contribution in [0.15, 0.2) is 35.2 Å². The number of likely N-dealkylation sites (N-methyl/N-ethyl adjacent to an activating group) is 1. The molecule has 1 saturated carbocycles. The average molecular weight is 654 g/mol. The number of carboxylic acids is 1. The number of fused-ring (bicyclic) bond motifs is 1. The summed E-state index contributed by atoms with van der Waals surface area (Å²) in [5.74, 6) is -0.945. The van der Waals surface area contributed by atoms with Crippen LogP contribution in [0, 0.1) is 5.92 Å². The van der Waals surface area contributed by atoms with E-state index >= 15 is 0 Å². The Kier molecular flexibility index (Phi) is 9.95. The molecule has 3 saturated heterocycles. The highest BCUT2D eigenvalue weighted by atomic mass is 32.2. The number of carboxylic acid groups (broad SMARTS) is 1. The second-order valence-corrected chi connectivity index (χ2v) is 14.6. The number of nitrogens with zero attached hydrogens (tertiary/aromatic N) is 4. The van der Waals surface area contributed by atoms with Crippen molar-refractivity contribution < 1.29 is 36.3 Å². The zero-order valence-electron chi connectivity index (χ0n) is 25.6. The van der Waals surface area contributed by atoms with Gasteiger partial charge in [0.05, 0.1) is 10.4 Å². The van der Waals surface area contributed by atoms with Crippen LogP contribution in [0.5, 0.6) is 0 Å². The van der Waals surface area contributed by atoms with Crippen LogP contribution in [0.25, 0.3) is 10.9 Å². The fraction of sp³-hybridized carbons (Fsp3) is 0.645. The lowest BCUT2D eigenvalue weighted by Crippen LogP contribution is -2.42. The van der Waals surface area contributed by atoms with Crippen LogP contribution < -0.4 is 9.62 Å². The number of carbonyl (C=O) groups excluding carboxylic acids is 1. The van der Waals surface area contributed by atoms with Crippen LogP contribution in [0.1, 0.15) is 64.2 Å². The molecule has 1 aliphatic carbocycles. The third-order valence-electron chi connectivity index (χ3n) is 9.82. The number of aromatic nitrogens is 1. The lowest BCUT2D eigenvalue weighted by Gasteiger charge is -2.36. The Balaban J connectivity index is 0.000000515. The molecule has 2 aromatic rings. The first-order valence-electron chi connectivity index (χ1n) is 15.7. The molecule has 2 N–H and O–H groups in total. The summed E-state index contributed by atoms with van der Waals surface area (Å²) in [5.41, 5.74) is 0.990. The second-order valence-electron chi connectivity index (χ2n) is 12.9.